The van der Waals surface area contributed by atoms with E-state index in [1.807, 2.05) is 37.2 Å². The third kappa shape index (κ3) is 5.80. The first-order valence-electron chi connectivity index (χ1n) is 6.79. The summed E-state index contributed by atoms with van der Waals surface area (Å²) in [4.78, 5) is 10.8. The molecule has 0 spiro atoms. The van der Waals surface area contributed by atoms with Gasteiger partial charge in [-0.25, -0.2) is 4.98 Å². The van der Waals surface area contributed by atoms with Crippen LogP contribution < -0.4 is 15.5 Å². The average Bonchev–Trinajstić information content (AvgIpc) is 2.98. The molecule has 0 saturated heterocycles. The molecule has 0 saturated carbocycles. The first kappa shape index (κ1) is 18.7. The molecule has 0 radical (unpaired) electrons. The largest absolute Gasteiger partial charge is 0.354 e. The van der Waals surface area contributed by atoms with Crippen LogP contribution in [0.4, 0.5) is 5.13 Å². The molecule has 7 heteroatoms. The van der Waals surface area contributed by atoms with E-state index in [-0.39, 0.29) is 24.0 Å². The molecular formula is C15H22IN5S. The third-order valence-electron chi connectivity index (χ3n) is 2.89. The van der Waals surface area contributed by atoms with Crippen LogP contribution >= 0.6 is 35.3 Å². The molecule has 0 atom stereocenters. The number of hydrogen-bond acceptors (Lipinski definition) is 4. The number of aromatic nitrogens is 1. The number of halogens is 1. The number of guanidine groups is 1. The van der Waals surface area contributed by atoms with Crippen molar-refractivity contribution in [3.05, 3.63) is 47.0 Å². The summed E-state index contributed by atoms with van der Waals surface area (Å²) in [5.41, 5.74) is 2.25. The van der Waals surface area contributed by atoms with Crippen LogP contribution in [0.5, 0.6) is 0 Å². The quantitative estimate of drug-likeness (QED) is 0.434. The normalized spacial score (nSPS) is 10.8. The summed E-state index contributed by atoms with van der Waals surface area (Å²) in [5, 5.41) is 9.64. The number of nitrogens with one attached hydrogen (secondary N) is 2. The molecule has 5 nitrogen and oxygen atoms in total. The van der Waals surface area contributed by atoms with Gasteiger partial charge in [0.25, 0.3) is 0 Å². The van der Waals surface area contributed by atoms with Crippen molar-refractivity contribution in [2.45, 2.75) is 13.1 Å². The van der Waals surface area contributed by atoms with E-state index >= 15 is 0 Å². The molecule has 120 valence electrons. The van der Waals surface area contributed by atoms with Gasteiger partial charge in [-0.15, -0.1) is 35.3 Å². The van der Waals surface area contributed by atoms with Crippen molar-refractivity contribution in [3.8, 4) is 0 Å². The van der Waals surface area contributed by atoms with Crippen molar-refractivity contribution < 1.29 is 0 Å². The van der Waals surface area contributed by atoms with Gasteiger partial charge in [0.1, 0.15) is 0 Å². The summed E-state index contributed by atoms with van der Waals surface area (Å²) in [6.07, 6.45) is 0. The predicted octanol–water partition coefficient (Wildman–Crippen LogP) is 2.69. The molecule has 1 aromatic carbocycles. The molecular weight excluding hydrogens is 409 g/mol. The number of thiazole rings is 1. The summed E-state index contributed by atoms with van der Waals surface area (Å²) >= 11 is 1.64. The Balaban J connectivity index is 0.00000242. The Morgan fingerprint density at radius 2 is 1.86 bits per heavy atom. The van der Waals surface area contributed by atoms with E-state index < -0.39 is 0 Å². The second-order valence-corrected chi connectivity index (χ2v) is 5.62. The van der Waals surface area contributed by atoms with Crippen LogP contribution in [0.1, 0.15) is 11.3 Å². The van der Waals surface area contributed by atoms with Gasteiger partial charge in [-0.2, -0.15) is 0 Å². The topological polar surface area (TPSA) is 52.6 Å². The van der Waals surface area contributed by atoms with Crippen LogP contribution in [0.15, 0.2) is 40.7 Å². The maximum atomic E-state index is 4.53. The highest BCUT2D eigenvalue weighted by atomic mass is 127. The van der Waals surface area contributed by atoms with Crippen molar-refractivity contribution in [2.75, 3.05) is 26.0 Å². The zero-order valence-electron chi connectivity index (χ0n) is 13.0. The molecule has 1 heterocycles. The van der Waals surface area contributed by atoms with Crippen LogP contribution in [0.25, 0.3) is 0 Å². The van der Waals surface area contributed by atoms with E-state index in [9.17, 15) is 0 Å². The minimum Gasteiger partial charge on any atom is -0.354 e. The molecule has 2 N–H and O–H groups in total. The second-order valence-electron chi connectivity index (χ2n) is 4.78. The molecule has 0 amide bonds. The van der Waals surface area contributed by atoms with Crippen molar-refractivity contribution in [1.29, 1.82) is 0 Å². The maximum Gasteiger partial charge on any atom is 0.191 e. The number of hydrogen-bond donors (Lipinski definition) is 2. The number of rotatable bonds is 5. The summed E-state index contributed by atoms with van der Waals surface area (Å²) in [6.45, 7) is 1.42. The highest BCUT2D eigenvalue weighted by Crippen LogP contribution is 2.17. The highest BCUT2D eigenvalue weighted by Gasteiger charge is 2.04. The minimum atomic E-state index is 0. The third-order valence-corrected chi connectivity index (χ3v) is 3.94. The van der Waals surface area contributed by atoms with Gasteiger partial charge in [0.05, 0.1) is 12.2 Å². The van der Waals surface area contributed by atoms with Gasteiger partial charge in [-0.05, 0) is 5.56 Å². The smallest absolute Gasteiger partial charge is 0.191 e. The maximum absolute atomic E-state index is 4.53. The zero-order valence-corrected chi connectivity index (χ0v) is 16.2. The average molecular weight is 431 g/mol. The monoisotopic (exact) mass is 431 g/mol. The molecule has 1 aromatic heterocycles. The Morgan fingerprint density at radius 1 is 1.18 bits per heavy atom. The fourth-order valence-corrected chi connectivity index (χ4v) is 2.52. The molecule has 22 heavy (non-hydrogen) atoms. The molecule has 0 bridgehead atoms. The van der Waals surface area contributed by atoms with E-state index in [4.69, 9.17) is 0 Å². The Labute approximate surface area is 152 Å². The van der Waals surface area contributed by atoms with Crippen LogP contribution in [0.2, 0.25) is 0 Å². The number of aliphatic imine (C=N–C) groups is 1. The first-order chi connectivity index (χ1) is 10.2. The zero-order chi connectivity index (χ0) is 15.1. The molecule has 0 aliphatic rings. The van der Waals surface area contributed by atoms with Gasteiger partial charge >= 0.3 is 0 Å². The lowest BCUT2D eigenvalue weighted by Crippen LogP contribution is -2.36. The Hall–Kier alpha value is -1.35. The van der Waals surface area contributed by atoms with Gasteiger partial charge in [0.2, 0.25) is 0 Å². The predicted molar refractivity (Wildman–Crippen MR) is 105 cm³/mol. The number of benzene rings is 1. The van der Waals surface area contributed by atoms with E-state index in [2.05, 4.69) is 38.1 Å². The number of anilines is 1. The summed E-state index contributed by atoms with van der Waals surface area (Å²) in [5.74, 6) is 0.776. The van der Waals surface area contributed by atoms with Gasteiger partial charge in [-0.1, -0.05) is 30.3 Å². The Bertz CT molecular complexity index is 583. The highest BCUT2D eigenvalue weighted by molar-refractivity contribution is 14.0. The van der Waals surface area contributed by atoms with E-state index in [0.717, 1.165) is 23.3 Å². The van der Waals surface area contributed by atoms with Crippen LogP contribution in [0.3, 0.4) is 0 Å². The van der Waals surface area contributed by atoms with Crippen LogP contribution in [-0.2, 0) is 13.1 Å². The first-order valence-corrected chi connectivity index (χ1v) is 7.67. The Morgan fingerprint density at radius 3 is 2.45 bits per heavy atom. The lowest BCUT2D eigenvalue weighted by Gasteiger charge is -2.11. The van der Waals surface area contributed by atoms with E-state index in [1.54, 1.807) is 18.4 Å². The lowest BCUT2D eigenvalue weighted by molar-refractivity contribution is 0.797. The van der Waals surface area contributed by atoms with Crippen LogP contribution in [0, 0.1) is 0 Å². The van der Waals surface area contributed by atoms with Gasteiger partial charge in [0, 0.05) is 33.1 Å². The molecule has 0 aliphatic heterocycles. The van der Waals surface area contributed by atoms with Crippen molar-refractivity contribution >= 4 is 46.4 Å². The Kier molecular flexibility index (Phi) is 8.18. The van der Waals surface area contributed by atoms with Gasteiger partial charge < -0.3 is 15.5 Å². The van der Waals surface area contributed by atoms with Crippen molar-refractivity contribution in [1.82, 2.24) is 15.6 Å². The van der Waals surface area contributed by atoms with Gasteiger partial charge in [0.15, 0.2) is 11.1 Å². The van der Waals surface area contributed by atoms with Crippen molar-refractivity contribution in [3.63, 3.8) is 0 Å². The fourth-order valence-electron chi connectivity index (χ4n) is 1.76. The van der Waals surface area contributed by atoms with Crippen molar-refractivity contribution in [2.24, 2.45) is 4.99 Å². The van der Waals surface area contributed by atoms with E-state index in [1.165, 1.54) is 5.56 Å². The summed E-state index contributed by atoms with van der Waals surface area (Å²) in [7, 11) is 5.76. The SMILES string of the molecule is CN=C(NCc1ccccc1)NCc1csc(N(C)C)n1.I. The lowest BCUT2D eigenvalue weighted by atomic mass is 10.2. The second kappa shape index (κ2) is 9.62. The molecule has 2 aromatic rings. The molecule has 2 rings (SSSR count). The van der Waals surface area contributed by atoms with Crippen LogP contribution in [-0.4, -0.2) is 32.1 Å². The van der Waals surface area contributed by atoms with Gasteiger partial charge in [-0.3, -0.25) is 4.99 Å². The fraction of sp³-hybridized carbons (Fsp3) is 0.333. The number of nitrogens with zero attached hydrogens (tertiary/aromatic N) is 3. The molecule has 0 unspecified atom stereocenters. The molecule has 0 fully saturated rings. The van der Waals surface area contributed by atoms with E-state index in [0.29, 0.717) is 6.54 Å². The standard InChI is InChI=1S/C15H21N5S.HI/c1-16-14(17-9-12-7-5-4-6-8-12)18-10-13-11-21-15(19-13)20(2)3;/h4-8,11H,9-10H2,1-3H3,(H2,16,17,18);1H. The summed E-state index contributed by atoms with van der Waals surface area (Å²) in [6, 6.07) is 10.3. The minimum absolute atomic E-state index is 0. The summed E-state index contributed by atoms with van der Waals surface area (Å²) < 4.78 is 0. The molecule has 0 aliphatic carbocycles.